The van der Waals surface area contributed by atoms with Crippen molar-refractivity contribution in [3.63, 3.8) is 0 Å². The van der Waals surface area contributed by atoms with Crippen molar-refractivity contribution in [3.05, 3.63) is 35.8 Å². The van der Waals surface area contributed by atoms with Crippen LogP contribution in [0.5, 0.6) is 0 Å². The van der Waals surface area contributed by atoms with Gasteiger partial charge in [-0.2, -0.15) is 4.31 Å². The molecular formula is C17H22N4O4S. The van der Waals surface area contributed by atoms with Gasteiger partial charge in [0.1, 0.15) is 11.3 Å². The van der Waals surface area contributed by atoms with Crippen LogP contribution >= 0.6 is 0 Å². The van der Waals surface area contributed by atoms with Gasteiger partial charge >= 0.3 is 0 Å². The van der Waals surface area contributed by atoms with Gasteiger partial charge in [0.2, 0.25) is 10.0 Å². The lowest BCUT2D eigenvalue weighted by atomic mass is 10.1. The Labute approximate surface area is 152 Å². The molecule has 0 spiro atoms. The number of likely N-dealkylation sites (tertiary alicyclic amines) is 1. The second-order valence-corrected chi connectivity index (χ2v) is 8.96. The van der Waals surface area contributed by atoms with E-state index < -0.39 is 10.0 Å². The van der Waals surface area contributed by atoms with Gasteiger partial charge in [-0.05, 0) is 19.1 Å². The maximum Gasteiger partial charge on any atom is 0.274 e. The highest BCUT2D eigenvalue weighted by Crippen LogP contribution is 2.26. The van der Waals surface area contributed by atoms with E-state index in [0.29, 0.717) is 38.5 Å². The first-order chi connectivity index (χ1) is 12.3. The minimum atomic E-state index is -3.27. The largest absolute Gasteiger partial charge is 0.375 e. The number of amides is 1. The smallest absolute Gasteiger partial charge is 0.274 e. The fourth-order valence-corrected chi connectivity index (χ4v) is 4.67. The Morgan fingerprint density at radius 2 is 2.08 bits per heavy atom. The zero-order chi connectivity index (χ0) is 18.5. The lowest BCUT2D eigenvalue weighted by molar-refractivity contribution is 0.0490. The normalized spacial score (nSPS) is 24.6. The molecule has 9 heteroatoms. The minimum Gasteiger partial charge on any atom is -0.375 e. The number of fused-ring (bicyclic) bond motifs is 2. The number of nitrogens with zero attached hydrogens (tertiary/aromatic N) is 4. The molecule has 4 rings (SSSR count). The molecule has 0 aromatic carbocycles. The van der Waals surface area contributed by atoms with Gasteiger partial charge < -0.3 is 14.0 Å². The van der Waals surface area contributed by atoms with E-state index in [-0.39, 0.29) is 17.9 Å². The highest BCUT2D eigenvalue weighted by atomic mass is 32.2. The molecular weight excluding hydrogens is 356 g/mol. The van der Waals surface area contributed by atoms with Crippen molar-refractivity contribution < 1.29 is 17.9 Å². The van der Waals surface area contributed by atoms with Crippen LogP contribution in [0.1, 0.15) is 16.2 Å². The minimum absolute atomic E-state index is 0.0199. The number of aryl methyl sites for hydroxylation is 1. The van der Waals surface area contributed by atoms with E-state index >= 15 is 0 Å². The highest BCUT2D eigenvalue weighted by molar-refractivity contribution is 7.88. The molecule has 2 aliphatic heterocycles. The molecule has 140 valence electrons. The fraction of sp³-hybridized carbons (Fsp3) is 0.529. The molecule has 0 radical (unpaired) electrons. The Kier molecular flexibility index (Phi) is 4.25. The summed E-state index contributed by atoms with van der Waals surface area (Å²) < 4.78 is 32.9. The summed E-state index contributed by atoms with van der Waals surface area (Å²) >= 11 is 0. The third kappa shape index (κ3) is 3.00. The molecule has 2 aromatic heterocycles. The van der Waals surface area contributed by atoms with Crippen molar-refractivity contribution in [1.29, 1.82) is 0 Å². The molecule has 0 saturated carbocycles. The van der Waals surface area contributed by atoms with E-state index in [4.69, 9.17) is 4.74 Å². The van der Waals surface area contributed by atoms with Gasteiger partial charge in [0.05, 0.1) is 24.7 Å². The Morgan fingerprint density at radius 1 is 1.27 bits per heavy atom. The number of hydrogen-bond acceptors (Lipinski definition) is 5. The average Bonchev–Trinajstić information content (AvgIpc) is 3.08. The van der Waals surface area contributed by atoms with Crippen LogP contribution < -0.4 is 0 Å². The van der Waals surface area contributed by atoms with Gasteiger partial charge in [-0.15, -0.1) is 0 Å². The molecule has 2 saturated heterocycles. The molecule has 8 nitrogen and oxygen atoms in total. The first-order valence-corrected chi connectivity index (χ1v) is 10.5. The van der Waals surface area contributed by atoms with Gasteiger partial charge in [0, 0.05) is 38.3 Å². The van der Waals surface area contributed by atoms with E-state index in [1.165, 1.54) is 10.6 Å². The third-order valence-corrected chi connectivity index (χ3v) is 6.49. The number of ether oxygens (including phenoxy) is 1. The number of carbonyl (C=O) groups is 1. The summed E-state index contributed by atoms with van der Waals surface area (Å²) in [6, 6.07) is 5.65. The molecule has 4 heterocycles. The van der Waals surface area contributed by atoms with Crippen LogP contribution in [0.2, 0.25) is 0 Å². The SMILES string of the molecule is Cc1c(C(=O)N2C[C@@H]3CN(S(C)(=O)=O)CCO[C@@H]3C2)nc2ccccn12. The predicted octanol–water partition coefficient (Wildman–Crippen LogP) is 0.375. The summed E-state index contributed by atoms with van der Waals surface area (Å²) in [6.45, 7) is 3.92. The highest BCUT2D eigenvalue weighted by Gasteiger charge is 2.41. The zero-order valence-corrected chi connectivity index (χ0v) is 15.6. The predicted molar refractivity (Wildman–Crippen MR) is 95.5 cm³/mol. The van der Waals surface area contributed by atoms with Gasteiger partial charge in [-0.1, -0.05) is 6.07 Å². The second kappa shape index (κ2) is 6.33. The Bertz CT molecular complexity index is 955. The van der Waals surface area contributed by atoms with Crippen LogP contribution in [0.3, 0.4) is 0 Å². The molecule has 0 aliphatic carbocycles. The molecule has 2 aromatic rings. The third-order valence-electron chi connectivity index (χ3n) is 5.22. The van der Waals surface area contributed by atoms with Crippen LogP contribution in [0.15, 0.2) is 24.4 Å². The van der Waals surface area contributed by atoms with Gasteiger partial charge in [0.15, 0.2) is 0 Å². The van der Waals surface area contributed by atoms with Crippen molar-refractivity contribution >= 4 is 21.6 Å². The molecule has 0 unspecified atom stereocenters. The van der Waals surface area contributed by atoms with Crippen LogP contribution in [0.25, 0.3) is 5.65 Å². The standard InChI is InChI=1S/C17H22N4O4S/c1-12-16(18-15-5-3-4-6-21(12)15)17(22)19-9-13-10-20(26(2,23)24)7-8-25-14(13)11-19/h3-6,13-14H,7-11H2,1-2H3/t13-,14-/m1/s1. The van der Waals surface area contributed by atoms with Crippen LogP contribution in [-0.4, -0.2) is 78.1 Å². The first-order valence-electron chi connectivity index (χ1n) is 8.64. The lowest BCUT2D eigenvalue weighted by Gasteiger charge is -2.21. The summed E-state index contributed by atoms with van der Waals surface area (Å²) in [5.74, 6) is -0.151. The second-order valence-electron chi connectivity index (χ2n) is 6.98. The molecule has 2 atom stereocenters. The molecule has 0 bridgehead atoms. The van der Waals surface area contributed by atoms with Gasteiger partial charge in [-0.3, -0.25) is 4.79 Å². The van der Waals surface area contributed by atoms with Crippen LogP contribution in [0, 0.1) is 12.8 Å². The molecule has 26 heavy (non-hydrogen) atoms. The topological polar surface area (TPSA) is 84.2 Å². The number of sulfonamides is 1. The molecule has 2 fully saturated rings. The summed E-state index contributed by atoms with van der Waals surface area (Å²) in [6.07, 6.45) is 2.96. The Balaban J connectivity index is 1.56. The fourth-order valence-electron chi connectivity index (χ4n) is 3.80. The number of carbonyl (C=O) groups excluding carboxylic acids is 1. The van der Waals surface area contributed by atoms with Crippen molar-refractivity contribution in [3.8, 4) is 0 Å². The monoisotopic (exact) mass is 378 g/mol. The van der Waals surface area contributed by atoms with Gasteiger partial charge in [-0.25, -0.2) is 13.4 Å². The summed E-state index contributed by atoms with van der Waals surface area (Å²) in [4.78, 5) is 19.2. The number of rotatable bonds is 2. The van der Waals surface area contributed by atoms with Crippen LogP contribution in [0.4, 0.5) is 0 Å². The van der Waals surface area contributed by atoms with Crippen molar-refractivity contribution in [2.24, 2.45) is 5.92 Å². The number of aromatic nitrogens is 2. The molecule has 2 aliphatic rings. The quantitative estimate of drug-likeness (QED) is 0.754. The number of pyridine rings is 1. The van der Waals surface area contributed by atoms with E-state index in [2.05, 4.69) is 4.98 Å². The molecule has 0 N–H and O–H groups in total. The number of hydrogen-bond donors (Lipinski definition) is 0. The maximum absolute atomic E-state index is 13.0. The van der Waals surface area contributed by atoms with E-state index in [1.807, 2.05) is 35.7 Å². The van der Waals surface area contributed by atoms with E-state index in [1.54, 1.807) is 4.90 Å². The maximum atomic E-state index is 13.0. The average molecular weight is 378 g/mol. The number of imidazole rings is 1. The molecule has 1 amide bonds. The Morgan fingerprint density at radius 3 is 2.81 bits per heavy atom. The van der Waals surface area contributed by atoms with E-state index in [9.17, 15) is 13.2 Å². The summed E-state index contributed by atoms with van der Waals surface area (Å²) in [7, 11) is -3.27. The first kappa shape index (κ1) is 17.4. The summed E-state index contributed by atoms with van der Waals surface area (Å²) in [5, 5.41) is 0. The van der Waals surface area contributed by atoms with E-state index in [0.717, 1.165) is 11.3 Å². The van der Waals surface area contributed by atoms with Crippen molar-refractivity contribution in [2.45, 2.75) is 13.0 Å². The lowest BCUT2D eigenvalue weighted by Crippen LogP contribution is -2.37. The summed E-state index contributed by atoms with van der Waals surface area (Å²) in [5.41, 5.74) is 1.98. The van der Waals surface area contributed by atoms with Crippen LogP contribution in [-0.2, 0) is 14.8 Å². The zero-order valence-electron chi connectivity index (χ0n) is 14.8. The Hall–Kier alpha value is -1.97. The van der Waals surface area contributed by atoms with Gasteiger partial charge in [0.25, 0.3) is 5.91 Å². The van der Waals surface area contributed by atoms with Crippen molar-refractivity contribution in [2.75, 3.05) is 39.0 Å². The van der Waals surface area contributed by atoms with Crippen molar-refractivity contribution in [1.82, 2.24) is 18.6 Å².